The molecule has 0 saturated carbocycles. The van der Waals surface area contributed by atoms with Gasteiger partial charge in [-0.2, -0.15) is 5.26 Å². The van der Waals surface area contributed by atoms with E-state index in [4.69, 9.17) is 5.26 Å². The van der Waals surface area contributed by atoms with Crippen LogP contribution in [0.3, 0.4) is 0 Å². The van der Waals surface area contributed by atoms with Crippen LogP contribution in [0.15, 0.2) is 48.5 Å². The first-order chi connectivity index (χ1) is 12.2. The molecule has 1 fully saturated rings. The highest BCUT2D eigenvalue weighted by Crippen LogP contribution is 2.29. The van der Waals surface area contributed by atoms with Gasteiger partial charge in [0, 0.05) is 12.6 Å². The molecule has 0 spiro atoms. The first-order valence-corrected chi connectivity index (χ1v) is 8.40. The van der Waals surface area contributed by atoms with Gasteiger partial charge in [-0.1, -0.05) is 30.3 Å². The van der Waals surface area contributed by atoms with Crippen molar-refractivity contribution in [2.45, 2.75) is 18.9 Å². The highest BCUT2D eigenvalue weighted by molar-refractivity contribution is 5.64. The molecule has 2 aromatic carbocycles. The summed E-state index contributed by atoms with van der Waals surface area (Å²) in [7, 11) is 0. The summed E-state index contributed by atoms with van der Waals surface area (Å²) in [6.45, 7) is 2.66. The number of nitro groups is 1. The third kappa shape index (κ3) is 3.95. The molecule has 1 aliphatic heterocycles. The van der Waals surface area contributed by atoms with Crippen molar-refractivity contribution in [2.24, 2.45) is 0 Å². The third-order valence-electron chi connectivity index (χ3n) is 4.58. The summed E-state index contributed by atoms with van der Waals surface area (Å²) in [6.07, 6.45) is 2.36. The highest BCUT2D eigenvalue weighted by atomic mass is 16.6. The second-order valence-electron chi connectivity index (χ2n) is 6.15. The summed E-state index contributed by atoms with van der Waals surface area (Å²) in [5, 5.41) is 23.5. The number of hydrogen-bond donors (Lipinski definition) is 1. The van der Waals surface area contributed by atoms with Crippen molar-refractivity contribution < 1.29 is 4.92 Å². The maximum Gasteiger partial charge on any atom is 0.293 e. The molecule has 1 atom stereocenters. The summed E-state index contributed by atoms with van der Waals surface area (Å²) in [5.41, 5.74) is 1.88. The molecule has 0 bridgehead atoms. The Balaban J connectivity index is 1.82. The summed E-state index contributed by atoms with van der Waals surface area (Å²) in [4.78, 5) is 13.3. The molecule has 1 saturated heterocycles. The average Bonchev–Trinajstić information content (AvgIpc) is 3.17. The van der Waals surface area contributed by atoms with Crippen molar-refractivity contribution in [1.82, 2.24) is 4.90 Å². The van der Waals surface area contributed by atoms with E-state index in [-0.39, 0.29) is 17.3 Å². The fraction of sp³-hybridized carbons (Fsp3) is 0.316. The average molecular weight is 336 g/mol. The Morgan fingerprint density at radius 2 is 1.92 bits per heavy atom. The molecule has 128 valence electrons. The number of rotatable bonds is 6. The predicted octanol–water partition coefficient (Wildman–Crippen LogP) is 3.72. The lowest BCUT2D eigenvalue weighted by molar-refractivity contribution is -0.384. The zero-order chi connectivity index (χ0) is 17.6. The van der Waals surface area contributed by atoms with Crippen LogP contribution in [0.5, 0.6) is 0 Å². The second kappa shape index (κ2) is 7.77. The SMILES string of the molecule is N#Cc1ccc(NCC(c2ccccc2)N2CCCC2)c([N+](=O)[O-])c1. The van der Waals surface area contributed by atoms with Gasteiger partial charge in [0.1, 0.15) is 5.69 Å². The smallest absolute Gasteiger partial charge is 0.293 e. The molecule has 2 aromatic rings. The predicted molar refractivity (Wildman–Crippen MR) is 96.3 cm³/mol. The number of nitriles is 1. The van der Waals surface area contributed by atoms with Crippen LogP contribution in [0, 0.1) is 21.4 Å². The van der Waals surface area contributed by atoms with Crippen LogP contribution >= 0.6 is 0 Å². The van der Waals surface area contributed by atoms with Crippen molar-refractivity contribution >= 4 is 11.4 Å². The van der Waals surface area contributed by atoms with E-state index in [1.807, 2.05) is 24.3 Å². The number of nitrogens with one attached hydrogen (secondary N) is 1. The van der Waals surface area contributed by atoms with Crippen molar-refractivity contribution in [2.75, 3.05) is 25.0 Å². The molecular formula is C19H20N4O2. The normalized spacial score (nSPS) is 15.5. The highest BCUT2D eigenvalue weighted by Gasteiger charge is 2.24. The van der Waals surface area contributed by atoms with Crippen molar-refractivity contribution in [3.8, 4) is 6.07 Å². The Labute approximate surface area is 146 Å². The minimum absolute atomic E-state index is 0.0627. The zero-order valence-electron chi connectivity index (χ0n) is 13.9. The molecule has 1 heterocycles. The molecule has 1 N–H and O–H groups in total. The Morgan fingerprint density at radius 1 is 1.20 bits per heavy atom. The molecule has 0 aliphatic carbocycles. The number of nitrogens with zero attached hydrogens (tertiary/aromatic N) is 3. The third-order valence-corrected chi connectivity index (χ3v) is 4.58. The van der Waals surface area contributed by atoms with Crippen molar-refractivity contribution in [3.05, 3.63) is 69.8 Å². The van der Waals surface area contributed by atoms with Crippen LogP contribution in [0.4, 0.5) is 11.4 Å². The minimum atomic E-state index is -0.448. The Kier molecular flexibility index (Phi) is 5.26. The Hall–Kier alpha value is -2.91. The lowest BCUT2D eigenvalue weighted by Crippen LogP contribution is -2.31. The number of anilines is 1. The van der Waals surface area contributed by atoms with Gasteiger partial charge in [0.05, 0.1) is 22.6 Å². The lowest BCUT2D eigenvalue weighted by atomic mass is 10.1. The molecule has 0 aromatic heterocycles. The zero-order valence-corrected chi connectivity index (χ0v) is 13.9. The molecular weight excluding hydrogens is 316 g/mol. The molecule has 0 amide bonds. The molecule has 1 unspecified atom stereocenters. The maximum absolute atomic E-state index is 11.3. The van der Waals surface area contributed by atoms with Gasteiger partial charge in [-0.25, -0.2) is 0 Å². The Bertz CT molecular complexity index is 780. The molecule has 1 aliphatic rings. The first kappa shape index (κ1) is 16.9. The van der Waals surface area contributed by atoms with Gasteiger partial charge in [0.25, 0.3) is 5.69 Å². The molecule has 6 nitrogen and oxygen atoms in total. The fourth-order valence-corrected chi connectivity index (χ4v) is 3.29. The molecule has 25 heavy (non-hydrogen) atoms. The fourth-order valence-electron chi connectivity index (χ4n) is 3.29. The van der Waals surface area contributed by atoms with Crippen molar-refractivity contribution in [3.63, 3.8) is 0 Å². The topological polar surface area (TPSA) is 82.2 Å². The van der Waals surface area contributed by atoms with Gasteiger partial charge in [0.2, 0.25) is 0 Å². The number of hydrogen-bond acceptors (Lipinski definition) is 5. The van der Waals surface area contributed by atoms with Crippen LogP contribution in [-0.4, -0.2) is 29.5 Å². The van der Waals surface area contributed by atoms with Gasteiger partial charge in [0.15, 0.2) is 0 Å². The summed E-state index contributed by atoms with van der Waals surface area (Å²) >= 11 is 0. The Morgan fingerprint density at radius 3 is 2.56 bits per heavy atom. The standard InChI is InChI=1S/C19H20N4O2/c20-13-15-8-9-17(18(12-15)23(24)25)21-14-19(22-10-4-5-11-22)16-6-2-1-3-7-16/h1-3,6-9,12,19,21H,4-5,10-11,14H2. The molecule has 0 radical (unpaired) electrons. The van der Waals surface area contributed by atoms with E-state index < -0.39 is 4.92 Å². The number of nitro benzene ring substituents is 1. The number of likely N-dealkylation sites (tertiary alicyclic amines) is 1. The summed E-state index contributed by atoms with van der Waals surface area (Å²) in [5.74, 6) is 0. The summed E-state index contributed by atoms with van der Waals surface area (Å²) in [6, 6.07) is 16.9. The quantitative estimate of drug-likeness (QED) is 0.642. The van der Waals surface area contributed by atoms with E-state index in [0.29, 0.717) is 12.2 Å². The van der Waals surface area contributed by atoms with E-state index in [1.165, 1.54) is 24.5 Å². The maximum atomic E-state index is 11.3. The summed E-state index contributed by atoms with van der Waals surface area (Å²) < 4.78 is 0. The van der Waals surface area contributed by atoms with Gasteiger partial charge < -0.3 is 5.32 Å². The molecule has 6 heteroatoms. The van der Waals surface area contributed by atoms with Gasteiger partial charge in [-0.05, 0) is 43.6 Å². The van der Waals surface area contributed by atoms with Crippen LogP contribution in [0.2, 0.25) is 0 Å². The monoisotopic (exact) mass is 336 g/mol. The van der Waals surface area contributed by atoms with Crippen LogP contribution in [0.25, 0.3) is 0 Å². The van der Waals surface area contributed by atoms with Gasteiger partial charge >= 0.3 is 0 Å². The van der Waals surface area contributed by atoms with E-state index in [0.717, 1.165) is 13.1 Å². The van der Waals surface area contributed by atoms with Gasteiger partial charge in [-0.15, -0.1) is 0 Å². The van der Waals surface area contributed by atoms with E-state index in [2.05, 4.69) is 22.3 Å². The largest absolute Gasteiger partial charge is 0.378 e. The van der Waals surface area contributed by atoms with Gasteiger partial charge in [-0.3, -0.25) is 15.0 Å². The first-order valence-electron chi connectivity index (χ1n) is 8.40. The lowest BCUT2D eigenvalue weighted by Gasteiger charge is -2.28. The van der Waals surface area contributed by atoms with Crippen LogP contribution in [-0.2, 0) is 0 Å². The van der Waals surface area contributed by atoms with E-state index in [1.54, 1.807) is 12.1 Å². The molecule has 3 rings (SSSR count). The number of benzene rings is 2. The van der Waals surface area contributed by atoms with E-state index in [9.17, 15) is 10.1 Å². The van der Waals surface area contributed by atoms with Crippen LogP contribution in [0.1, 0.15) is 30.0 Å². The van der Waals surface area contributed by atoms with Crippen molar-refractivity contribution in [1.29, 1.82) is 5.26 Å². The minimum Gasteiger partial charge on any atom is -0.378 e. The van der Waals surface area contributed by atoms with E-state index >= 15 is 0 Å². The van der Waals surface area contributed by atoms with Crippen LogP contribution < -0.4 is 5.32 Å². The second-order valence-corrected chi connectivity index (χ2v) is 6.15.